The first-order valence-corrected chi connectivity index (χ1v) is 7.75. The van der Waals surface area contributed by atoms with E-state index in [1.165, 1.54) is 31.4 Å². The van der Waals surface area contributed by atoms with E-state index in [2.05, 4.69) is 25.6 Å². The van der Waals surface area contributed by atoms with E-state index in [1.807, 2.05) is 0 Å². The average Bonchev–Trinajstić information content (AvgIpc) is 2.28. The smallest absolute Gasteiger partial charge is 0.406 e. The second-order valence-corrected chi connectivity index (χ2v) is 5.73. The van der Waals surface area contributed by atoms with Gasteiger partial charge in [-0.2, -0.15) is 0 Å². The summed E-state index contributed by atoms with van der Waals surface area (Å²) in [5.74, 6) is -0.170. The van der Waals surface area contributed by atoms with Crippen LogP contribution < -0.4 is 4.74 Å². The Morgan fingerprint density at radius 3 is 2.30 bits per heavy atom. The van der Waals surface area contributed by atoms with Gasteiger partial charge >= 0.3 is 6.36 Å². The zero-order chi connectivity index (χ0) is 14.6. The van der Waals surface area contributed by atoms with Crippen molar-refractivity contribution in [3.05, 3.63) is 29.8 Å². The summed E-state index contributed by atoms with van der Waals surface area (Å²) < 4.78 is 40.1. The number of ether oxygens (including phenoxy) is 1. The molecule has 1 fully saturated rings. The maximum Gasteiger partial charge on any atom is 0.573 e. The van der Waals surface area contributed by atoms with Crippen molar-refractivity contribution < 1.29 is 17.9 Å². The molecule has 0 heterocycles. The van der Waals surface area contributed by atoms with Crippen molar-refractivity contribution in [2.24, 2.45) is 0 Å². The summed E-state index contributed by atoms with van der Waals surface area (Å²) >= 11 is 3.44. The predicted octanol–water partition coefficient (Wildman–Crippen LogP) is 4.33. The van der Waals surface area contributed by atoms with Gasteiger partial charge in [0.05, 0.1) is 0 Å². The van der Waals surface area contributed by atoms with E-state index in [1.54, 1.807) is 12.1 Å². The molecule has 0 bridgehead atoms. The minimum atomic E-state index is -4.63. The summed E-state index contributed by atoms with van der Waals surface area (Å²) in [6.07, 6.45) is -0.943. The Labute approximate surface area is 125 Å². The molecule has 112 valence electrons. The monoisotopic (exact) mass is 351 g/mol. The van der Waals surface area contributed by atoms with Crippen LogP contribution in [0.3, 0.4) is 0 Å². The molecule has 0 amide bonds. The number of rotatable bonds is 6. The predicted molar refractivity (Wildman–Crippen MR) is 75.0 cm³/mol. The first-order valence-electron chi connectivity index (χ1n) is 6.62. The van der Waals surface area contributed by atoms with E-state index in [4.69, 9.17) is 0 Å². The van der Waals surface area contributed by atoms with Gasteiger partial charge in [-0.3, -0.25) is 4.90 Å². The molecule has 0 spiro atoms. The highest BCUT2D eigenvalue weighted by molar-refractivity contribution is 9.09. The molecule has 20 heavy (non-hydrogen) atoms. The number of halogens is 4. The zero-order valence-electron chi connectivity index (χ0n) is 11.0. The van der Waals surface area contributed by atoms with Crippen LogP contribution in [-0.4, -0.2) is 29.2 Å². The summed E-state index contributed by atoms with van der Waals surface area (Å²) in [5.41, 5.74) is 1.01. The van der Waals surface area contributed by atoms with Gasteiger partial charge in [-0.15, -0.1) is 13.2 Å². The van der Waals surface area contributed by atoms with Gasteiger partial charge in [-0.1, -0.05) is 34.5 Å². The normalized spacial score (nSPS) is 16.2. The van der Waals surface area contributed by atoms with Crippen molar-refractivity contribution in [2.45, 2.75) is 38.2 Å². The van der Waals surface area contributed by atoms with Gasteiger partial charge in [0.25, 0.3) is 0 Å². The largest absolute Gasteiger partial charge is 0.573 e. The van der Waals surface area contributed by atoms with Crippen LogP contribution in [0.15, 0.2) is 24.3 Å². The standard InChI is InChI=1S/C14H17BrF3NO/c15-8-9-19(12-2-1-3-12)10-11-4-6-13(7-5-11)20-14(16,17)18/h4-7,12H,1-3,8-10H2. The maximum absolute atomic E-state index is 12.1. The van der Waals surface area contributed by atoms with E-state index in [0.29, 0.717) is 6.04 Å². The SMILES string of the molecule is FC(F)(F)Oc1ccc(CN(CCBr)C2CCC2)cc1. The third-order valence-electron chi connectivity index (χ3n) is 3.51. The minimum absolute atomic E-state index is 0.170. The molecule has 0 aromatic heterocycles. The van der Waals surface area contributed by atoms with Crippen LogP contribution >= 0.6 is 15.9 Å². The van der Waals surface area contributed by atoms with Crippen molar-refractivity contribution in [1.29, 1.82) is 0 Å². The summed E-state index contributed by atoms with van der Waals surface area (Å²) in [6.45, 7) is 1.72. The third kappa shape index (κ3) is 4.66. The molecule has 2 nitrogen and oxygen atoms in total. The van der Waals surface area contributed by atoms with Gasteiger partial charge in [0.15, 0.2) is 0 Å². The summed E-state index contributed by atoms with van der Waals surface area (Å²) in [7, 11) is 0. The van der Waals surface area contributed by atoms with Gasteiger partial charge in [0.1, 0.15) is 5.75 Å². The quantitative estimate of drug-likeness (QED) is 0.707. The van der Waals surface area contributed by atoms with E-state index < -0.39 is 6.36 Å². The van der Waals surface area contributed by atoms with Crippen molar-refractivity contribution >= 4 is 15.9 Å². The average molecular weight is 352 g/mol. The van der Waals surface area contributed by atoms with Crippen LogP contribution in [0, 0.1) is 0 Å². The lowest BCUT2D eigenvalue weighted by atomic mass is 9.91. The van der Waals surface area contributed by atoms with Gasteiger partial charge < -0.3 is 4.74 Å². The second kappa shape index (κ2) is 6.80. The summed E-state index contributed by atoms with van der Waals surface area (Å²) in [6, 6.07) is 6.74. The van der Waals surface area contributed by atoms with Gasteiger partial charge in [0.2, 0.25) is 0 Å². The van der Waals surface area contributed by atoms with E-state index in [9.17, 15) is 13.2 Å². The second-order valence-electron chi connectivity index (χ2n) is 4.94. The molecular weight excluding hydrogens is 335 g/mol. The molecule has 0 atom stereocenters. The Morgan fingerprint density at radius 1 is 1.20 bits per heavy atom. The molecule has 1 aliphatic carbocycles. The molecule has 0 N–H and O–H groups in total. The highest BCUT2D eigenvalue weighted by Crippen LogP contribution is 2.27. The molecule has 1 aliphatic rings. The zero-order valence-corrected chi connectivity index (χ0v) is 12.6. The fourth-order valence-electron chi connectivity index (χ4n) is 2.28. The topological polar surface area (TPSA) is 12.5 Å². The Balaban J connectivity index is 1.94. The van der Waals surface area contributed by atoms with Gasteiger partial charge in [-0.05, 0) is 30.5 Å². The molecule has 1 saturated carbocycles. The van der Waals surface area contributed by atoms with Crippen molar-refractivity contribution in [1.82, 2.24) is 4.90 Å². The molecule has 1 aromatic rings. The minimum Gasteiger partial charge on any atom is -0.406 e. The first-order chi connectivity index (χ1) is 9.48. The summed E-state index contributed by atoms with van der Waals surface area (Å²) in [5, 5.41) is 0.902. The number of hydrogen-bond donors (Lipinski definition) is 0. The fourth-order valence-corrected chi connectivity index (χ4v) is 2.74. The lowest BCUT2D eigenvalue weighted by molar-refractivity contribution is -0.274. The number of benzene rings is 1. The number of nitrogens with zero attached hydrogens (tertiary/aromatic N) is 1. The Hall–Kier alpha value is -0.750. The molecule has 0 unspecified atom stereocenters. The van der Waals surface area contributed by atoms with Crippen molar-refractivity contribution in [3.63, 3.8) is 0 Å². The van der Waals surface area contributed by atoms with Crippen LogP contribution in [0.1, 0.15) is 24.8 Å². The van der Waals surface area contributed by atoms with Crippen LogP contribution in [0.4, 0.5) is 13.2 Å². The van der Waals surface area contributed by atoms with Crippen LogP contribution in [0.2, 0.25) is 0 Å². The third-order valence-corrected chi connectivity index (χ3v) is 3.86. The highest BCUT2D eigenvalue weighted by Gasteiger charge is 2.31. The molecule has 0 saturated heterocycles. The van der Waals surface area contributed by atoms with Crippen LogP contribution in [0.25, 0.3) is 0 Å². The molecule has 0 aliphatic heterocycles. The van der Waals surface area contributed by atoms with Crippen molar-refractivity contribution in [3.8, 4) is 5.75 Å². The van der Waals surface area contributed by atoms with Crippen molar-refractivity contribution in [2.75, 3.05) is 11.9 Å². The first kappa shape index (κ1) is 15.6. The van der Waals surface area contributed by atoms with Gasteiger partial charge in [0, 0.05) is 24.5 Å². The Morgan fingerprint density at radius 2 is 1.85 bits per heavy atom. The molecule has 1 aromatic carbocycles. The fraction of sp³-hybridized carbons (Fsp3) is 0.571. The molecule has 6 heteroatoms. The lowest BCUT2D eigenvalue weighted by Gasteiger charge is -2.37. The molecule has 0 radical (unpaired) electrons. The maximum atomic E-state index is 12.1. The Kier molecular flexibility index (Phi) is 5.32. The van der Waals surface area contributed by atoms with Crippen LogP contribution in [0.5, 0.6) is 5.75 Å². The summed E-state index contributed by atoms with van der Waals surface area (Å²) in [4.78, 5) is 2.37. The van der Waals surface area contributed by atoms with E-state index in [0.717, 1.165) is 24.0 Å². The van der Waals surface area contributed by atoms with Gasteiger partial charge in [-0.25, -0.2) is 0 Å². The lowest BCUT2D eigenvalue weighted by Crippen LogP contribution is -2.40. The highest BCUT2D eigenvalue weighted by atomic mass is 79.9. The molecule has 2 rings (SSSR count). The van der Waals surface area contributed by atoms with E-state index in [-0.39, 0.29) is 5.75 Å². The number of hydrogen-bond acceptors (Lipinski definition) is 2. The molecular formula is C14H17BrF3NO. The van der Waals surface area contributed by atoms with Crippen LogP contribution in [-0.2, 0) is 6.54 Å². The number of alkyl halides is 4. The Bertz CT molecular complexity index is 417. The van der Waals surface area contributed by atoms with E-state index >= 15 is 0 Å².